The predicted octanol–water partition coefficient (Wildman–Crippen LogP) is 1.00. The first-order chi connectivity index (χ1) is 12.6. The van der Waals surface area contributed by atoms with Gasteiger partial charge in [0.1, 0.15) is 17.5 Å². The molecule has 2 heterocycles. The molecular formula is C18H16N6O2. The molecule has 0 aliphatic carbocycles. The molecule has 1 amide bonds. The van der Waals surface area contributed by atoms with Crippen LogP contribution in [0.4, 0.5) is 5.82 Å². The van der Waals surface area contributed by atoms with Gasteiger partial charge in [-0.15, -0.1) is 0 Å². The molecule has 8 heteroatoms. The number of nitrogen functional groups attached to an aromatic ring is 1. The summed E-state index contributed by atoms with van der Waals surface area (Å²) in [7, 11) is 0. The van der Waals surface area contributed by atoms with Crippen LogP contribution in [0.25, 0.3) is 0 Å². The highest BCUT2D eigenvalue weighted by Crippen LogP contribution is 2.09. The van der Waals surface area contributed by atoms with E-state index in [0.717, 1.165) is 11.3 Å². The van der Waals surface area contributed by atoms with Crippen LogP contribution >= 0.6 is 0 Å². The van der Waals surface area contributed by atoms with Crippen molar-refractivity contribution in [1.82, 2.24) is 20.1 Å². The molecule has 0 saturated carbocycles. The van der Waals surface area contributed by atoms with Crippen LogP contribution in [0.2, 0.25) is 0 Å². The molecule has 0 aliphatic rings. The fourth-order valence-corrected chi connectivity index (χ4v) is 2.49. The van der Waals surface area contributed by atoms with E-state index in [9.17, 15) is 9.59 Å². The van der Waals surface area contributed by atoms with E-state index in [-0.39, 0.29) is 23.5 Å². The van der Waals surface area contributed by atoms with E-state index >= 15 is 0 Å². The summed E-state index contributed by atoms with van der Waals surface area (Å²) in [5.41, 5.74) is 6.84. The number of nitrogens with one attached hydrogen (secondary N) is 2. The maximum atomic E-state index is 12.4. The molecular weight excluding hydrogens is 332 g/mol. The number of nitrogens with zero attached hydrogens (tertiary/aromatic N) is 3. The van der Waals surface area contributed by atoms with E-state index in [1.807, 2.05) is 30.3 Å². The summed E-state index contributed by atoms with van der Waals surface area (Å²) in [6.45, 7) is 0.810. The number of carbonyl (C=O) groups is 1. The number of pyridine rings is 1. The SMILES string of the molecule is N#Cc1cc(C(=O)NCc2ccnn2Cc2ccccc2)c(N)[nH]c1=O. The zero-order chi connectivity index (χ0) is 18.5. The zero-order valence-electron chi connectivity index (χ0n) is 13.8. The molecule has 0 spiro atoms. The zero-order valence-corrected chi connectivity index (χ0v) is 13.8. The molecule has 26 heavy (non-hydrogen) atoms. The number of nitrogens with two attached hydrogens (primary N) is 1. The van der Waals surface area contributed by atoms with Crippen LogP contribution in [0, 0.1) is 11.3 Å². The molecule has 0 atom stereocenters. The van der Waals surface area contributed by atoms with Gasteiger partial charge in [0, 0.05) is 6.20 Å². The van der Waals surface area contributed by atoms with Crippen LogP contribution < -0.4 is 16.6 Å². The lowest BCUT2D eigenvalue weighted by Crippen LogP contribution is -2.27. The minimum atomic E-state index is -0.623. The van der Waals surface area contributed by atoms with Crippen LogP contribution in [0.5, 0.6) is 0 Å². The monoisotopic (exact) mass is 348 g/mol. The van der Waals surface area contributed by atoms with E-state index in [0.29, 0.717) is 6.54 Å². The first-order valence-electron chi connectivity index (χ1n) is 7.84. The second kappa shape index (κ2) is 7.36. The third-order valence-electron chi connectivity index (χ3n) is 3.85. The van der Waals surface area contributed by atoms with E-state index in [1.165, 1.54) is 6.07 Å². The summed E-state index contributed by atoms with van der Waals surface area (Å²) in [6, 6.07) is 14.6. The Kier molecular flexibility index (Phi) is 4.80. The highest BCUT2D eigenvalue weighted by atomic mass is 16.2. The van der Waals surface area contributed by atoms with Gasteiger partial charge in [0.25, 0.3) is 11.5 Å². The highest BCUT2D eigenvalue weighted by molar-refractivity contribution is 5.98. The number of anilines is 1. The van der Waals surface area contributed by atoms with Crippen molar-refractivity contribution >= 4 is 11.7 Å². The molecule has 0 radical (unpaired) electrons. The second-order valence-electron chi connectivity index (χ2n) is 5.60. The van der Waals surface area contributed by atoms with Crippen molar-refractivity contribution in [3.63, 3.8) is 0 Å². The molecule has 0 bridgehead atoms. The van der Waals surface area contributed by atoms with Gasteiger partial charge in [-0.25, -0.2) is 0 Å². The molecule has 130 valence electrons. The number of hydrogen-bond acceptors (Lipinski definition) is 5. The molecule has 4 N–H and O–H groups in total. The maximum Gasteiger partial charge on any atom is 0.267 e. The standard InChI is InChI=1S/C18H16N6O2/c19-9-13-8-15(16(20)23-17(13)25)18(26)21-10-14-6-7-22-24(14)11-12-4-2-1-3-5-12/h1-8H,10-11H2,(H,21,26)(H3,20,23,25). The first kappa shape index (κ1) is 17.0. The minimum Gasteiger partial charge on any atom is -0.385 e. The number of aromatic amines is 1. The topological polar surface area (TPSA) is 130 Å². The maximum absolute atomic E-state index is 12.4. The summed E-state index contributed by atoms with van der Waals surface area (Å²) in [6.07, 6.45) is 1.66. The molecule has 0 fully saturated rings. The van der Waals surface area contributed by atoms with Crippen molar-refractivity contribution in [2.24, 2.45) is 0 Å². The van der Waals surface area contributed by atoms with E-state index < -0.39 is 11.5 Å². The summed E-state index contributed by atoms with van der Waals surface area (Å²) in [4.78, 5) is 26.2. The molecule has 2 aromatic heterocycles. The van der Waals surface area contributed by atoms with Crippen LogP contribution in [-0.4, -0.2) is 20.7 Å². The number of amides is 1. The number of H-pyrrole nitrogens is 1. The second-order valence-corrected chi connectivity index (χ2v) is 5.60. The number of benzene rings is 1. The molecule has 0 saturated heterocycles. The number of nitriles is 1. The van der Waals surface area contributed by atoms with Gasteiger partial charge in [-0.1, -0.05) is 30.3 Å². The number of hydrogen-bond donors (Lipinski definition) is 3. The average Bonchev–Trinajstić information content (AvgIpc) is 3.07. The van der Waals surface area contributed by atoms with Crippen molar-refractivity contribution in [3.05, 3.63) is 81.4 Å². The fourth-order valence-electron chi connectivity index (χ4n) is 2.49. The van der Waals surface area contributed by atoms with Gasteiger partial charge >= 0.3 is 0 Å². The summed E-state index contributed by atoms with van der Waals surface area (Å²) in [5, 5.41) is 15.9. The van der Waals surface area contributed by atoms with Crippen molar-refractivity contribution in [2.45, 2.75) is 13.1 Å². The Labute approximate surface area is 148 Å². The molecule has 1 aromatic carbocycles. The molecule has 3 aromatic rings. The van der Waals surface area contributed by atoms with Gasteiger partial charge in [-0.3, -0.25) is 14.3 Å². The van der Waals surface area contributed by atoms with Crippen LogP contribution in [0.1, 0.15) is 27.2 Å². The van der Waals surface area contributed by atoms with Crippen LogP contribution in [0.3, 0.4) is 0 Å². The Morgan fingerprint density at radius 1 is 1.31 bits per heavy atom. The molecule has 8 nitrogen and oxygen atoms in total. The number of carbonyl (C=O) groups excluding carboxylic acids is 1. The van der Waals surface area contributed by atoms with Crippen molar-refractivity contribution in [3.8, 4) is 6.07 Å². The third-order valence-corrected chi connectivity index (χ3v) is 3.85. The summed E-state index contributed by atoms with van der Waals surface area (Å²) < 4.78 is 1.78. The minimum absolute atomic E-state index is 0.0512. The van der Waals surface area contributed by atoms with Gasteiger partial charge in [-0.2, -0.15) is 10.4 Å². The van der Waals surface area contributed by atoms with E-state index in [2.05, 4.69) is 15.4 Å². The fraction of sp³-hybridized carbons (Fsp3) is 0.111. The summed E-state index contributed by atoms with van der Waals surface area (Å²) in [5.74, 6) is -0.563. The summed E-state index contributed by atoms with van der Waals surface area (Å²) >= 11 is 0. The van der Waals surface area contributed by atoms with E-state index in [4.69, 9.17) is 11.0 Å². The predicted molar refractivity (Wildman–Crippen MR) is 95.1 cm³/mol. The van der Waals surface area contributed by atoms with Crippen LogP contribution in [0.15, 0.2) is 53.5 Å². The average molecular weight is 348 g/mol. The Hall–Kier alpha value is -3.86. The smallest absolute Gasteiger partial charge is 0.267 e. The van der Waals surface area contributed by atoms with Gasteiger partial charge in [-0.05, 0) is 17.7 Å². The molecule has 3 rings (SSSR count). The van der Waals surface area contributed by atoms with Gasteiger partial charge < -0.3 is 16.0 Å². The van der Waals surface area contributed by atoms with Gasteiger partial charge in [0.15, 0.2) is 0 Å². The third kappa shape index (κ3) is 3.62. The first-order valence-corrected chi connectivity index (χ1v) is 7.84. The van der Waals surface area contributed by atoms with Crippen molar-refractivity contribution < 1.29 is 4.79 Å². The van der Waals surface area contributed by atoms with Crippen molar-refractivity contribution in [2.75, 3.05) is 5.73 Å². The lowest BCUT2D eigenvalue weighted by Gasteiger charge is -2.10. The van der Waals surface area contributed by atoms with Crippen molar-refractivity contribution in [1.29, 1.82) is 5.26 Å². The quantitative estimate of drug-likeness (QED) is 0.633. The van der Waals surface area contributed by atoms with Gasteiger partial charge in [0.05, 0.1) is 24.3 Å². The van der Waals surface area contributed by atoms with Crippen LogP contribution in [-0.2, 0) is 13.1 Å². The van der Waals surface area contributed by atoms with E-state index in [1.54, 1.807) is 23.0 Å². The Balaban J connectivity index is 1.73. The molecule has 0 aliphatic heterocycles. The highest BCUT2D eigenvalue weighted by Gasteiger charge is 2.14. The van der Waals surface area contributed by atoms with Gasteiger partial charge in [0.2, 0.25) is 0 Å². The largest absolute Gasteiger partial charge is 0.385 e. The number of rotatable bonds is 5. The normalized spacial score (nSPS) is 10.3. The molecule has 0 unspecified atom stereocenters. The Bertz CT molecular complexity index is 1030. The Morgan fingerprint density at radius 3 is 2.81 bits per heavy atom. The number of aromatic nitrogens is 3. The Morgan fingerprint density at radius 2 is 2.08 bits per heavy atom. The lowest BCUT2D eigenvalue weighted by molar-refractivity contribution is 0.0950. The lowest BCUT2D eigenvalue weighted by atomic mass is 10.2.